The largest absolute Gasteiger partial charge is 0.455 e. The molecule has 5 bridgehead atoms. The van der Waals surface area contributed by atoms with Crippen LogP contribution in [-0.4, -0.2) is 88.6 Å². The highest BCUT2D eigenvalue weighted by Gasteiger charge is 2.75. The number of halogens is 2. The zero-order chi connectivity index (χ0) is 37.4. The first-order valence-electron chi connectivity index (χ1n) is 17.8. The number of hydrogen-bond acceptors (Lipinski definition) is 7. The van der Waals surface area contributed by atoms with Crippen LogP contribution in [0.1, 0.15) is 37.0 Å². The normalized spacial score (nSPS) is 30.3. The van der Waals surface area contributed by atoms with Crippen molar-refractivity contribution in [1.82, 2.24) is 9.80 Å². The van der Waals surface area contributed by atoms with Crippen LogP contribution in [0.3, 0.4) is 0 Å². The van der Waals surface area contributed by atoms with E-state index >= 15 is 9.59 Å². The molecule has 1 N–H and O–H groups in total. The van der Waals surface area contributed by atoms with Gasteiger partial charge in [-0.25, -0.2) is 0 Å². The number of likely N-dealkylation sites (N-methyl/N-ethyl adjacent to an activating group) is 1. The van der Waals surface area contributed by atoms with Crippen LogP contribution in [0, 0.1) is 11.8 Å². The maximum atomic E-state index is 15.3. The Bertz CT molecular complexity index is 1930. The summed E-state index contributed by atoms with van der Waals surface area (Å²) in [6, 6.07) is 22.8. The van der Waals surface area contributed by atoms with E-state index in [0.29, 0.717) is 27.2 Å². The number of ether oxygens (including phenoxy) is 2. The fraction of sp³-hybridized carbons (Fsp3) is 0.366. The lowest BCUT2D eigenvalue weighted by Crippen LogP contribution is -2.59. The fourth-order valence-electron chi connectivity index (χ4n) is 8.23. The van der Waals surface area contributed by atoms with E-state index in [1.165, 1.54) is 4.90 Å². The highest BCUT2D eigenvalue weighted by Crippen LogP contribution is 2.59. The number of anilines is 1. The molecular weight excluding hydrogens is 762 g/mol. The van der Waals surface area contributed by atoms with Gasteiger partial charge in [0.05, 0.1) is 24.6 Å². The first-order chi connectivity index (χ1) is 25.6. The Kier molecular flexibility index (Phi) is 10.6. The molecular formula is C41H41BrClN3O7. The van der Waals surface area contributed by atoms with Gasteiger partial charge in [0, 0.05) is 35.2 Å². The predicted octanol–water partition coefficient (Wildman–Crippen LogP) is 5.63. The third-order valence-electron chi connectivity index (χ3n) is 11.0. The Morgan fingerprint density at radius 3 is 2.28 bits per heavy atom. The Morgan fingerprint density at radius 2 is 1.60 bits per heavy atom. The molecule has 0 saturated carbocycles. The molecule has 276 valence electrons. The summed E-state index contributed by atoms with van der Waals surface area (Å²) in [7, 11) is 1.69. The number of rotatable bonds is 6. The van der Waals surface area contributed by atoms with Gasteiger partial charge in [0.2, 0.25) is 11.8 Å². The van der Waals surface area contributed by atoms with Crippen LogP contribution in [0.4, 0.5) is 5.69 Å². The number of aliphatic hydroxyl groups is 1. The van der Waals surface area contributed by atoms with Gasteiger partial charge in [-0.05, 0) is 61.2 Å². The minimum atomic E-state index is -1.56. The summed E-state index contributed by atoms with van der Waals surface area (Å²) in [4.78, 5) is 63.0. The summed E-state index contributed by atoms with van der Waals surface area (Å²) in [6.07, 6.45) is 4.52. The molecule has 7 rings (SSSR count). The summed E-state index contributed by atoms with van der Waals surface area (Å²) < 4.78 is 13.6. The van der Waals surface area contributed by atoms with Gasteiger partial charge < -0.3 is 29.3 Å². The quantitative estimate of drug-likeness (QED) is 0.254. The van der Waals surface area contributed by atoms with Crippen LogP contribution >= 0.6 is 27.5 Å². The average molecular weight is 803 g/mol. The molecule has 3 amide bonds. The lowest BCUT2D eigenvalue weighted by molar-refractivity contribution is -0.164. The number of fused-ring (bicyclic) bond motifs is 2. The Morgan fingerprint density at radius 1 is 0.925 bits per heavy atom. The summed E-state index contributed by atoms with van der Waals surface area (Å²) in [6.45, 7) is 1.50. The molecule has 0 radical (unpaired) electrons. The number of esters is 1. The van der Waals surface area contributed by atoms with Gasteiger partial charge >= 0.3 is 5.97 Å². The van der Waals surface area contributed by atoms with E-state index in [4.69, 9.17) is 21.1 Å². The number of carbonyl (C=O) groups is 4. The third kappa shape index (κ3) is 6.73. The zero-order valence-electron chi connectivity index (χ0n) is 29.4. The van der Waals surface area contributed by atoms with E-state index in [0.717, 1.165) is 5.56 Å². The molecule has 3 aromatic rings. The van der Waals surface area contributed by atoms with E-state index in [1.807, 2.05) is 79.7 Å². The van der Waals surface area contributed by atoms with E-state index in [9.17, 15) is 14.7 Å². The lowest BCUT2D eigenvalue weighted by Gasteiger charge is -2.38. The number of cyclic esters (lactones) is 1. The van der Waals surface area contributed by atoms with Gasteiger partial charge in [0.25, 0.3) is 5.91 Å². The second-order valence-corrected chi connectivity index (χ2v) is 15.4. The maximum Gasteiger partial charge on any atom is 0.313 e. The van der Waals surface area contributed by atoms with E-state index in [-0.39, 0.29) is 25.3 Å². The van der Waals surface area contributed by atoms with Gasteiger partial charge in [-0.15, -0.1) is 0 Å². The first kappa shape index (κ1) is 37.0. The second kappa shape index (κ2) is 15.2. The molecule has 0 aromatic heterocycles. The van der Waals surface area contributed by atoms with Crippen molar-refractivity contribution < 1.29 is 33.8 Å². The minimum absolute atomic E-state index is 0.110. The standard InChI is InChI=1S/C41H41BrClN3O7/c1-25-35(27-14-8-4-9-15-27)52-40(51)33-34-38(49)46(30(24-47)22-26-12-6-3-7-13-26)37(41(34)23-31(42)36(33)53-41)39(50)45(29-19-17-28(43)18-20-29)21-11-5-10-16-32(48)44(25)2/h3-9,11-15,17-20,23,25,30,33-37,47H,10,16,21-22,24H2,1-2H3/b11-5-/t25-,30-,33+,34-,35+,36+,37+,41-/m1/s1. The molecule has 4 aliphatic heterocycles. The van der Waals surface area contributed by atoms with Gasteiger partial charge in [-0.1, -0.05) is 100 Å². The third-order valence-corrected chi connectivity index (χ3v) is 11.9. The lowest BCUT2D eigenvalue weighted by atomic mass is 9.74. The molecule has 8 atom stereocenters. The molecule has 3 aromatic carbocycles. The topological polar surface area (TPSA) is 117 Å². The van der Waals surface area contributed by atoms with Crippen LogP contribution < -0.4 is 4.90 Å². The van der Waals surface area contributed by atoms with Gasteiger partial charge in [0.15, 0.2) is 0 Å². The average Bonchev–Trinajstić information content (AvgIpc) is 3.77. The summed E-state index contributed by atoms with van der Waals surface area (Å²) in [5.74, 6) is -4.02. The number of likely N-dealkylation sites (tertiary alicyclic amines) is 1. The molecule has 2 saturated heterocycles. The number of carbonyl (C=O) groups excluding carboxylic acids is 4. The van der Waals surface area contributed by atoms with E-state index < -0.39 is 72.2 Å². The van der Waals surface area contributed by atoms with Gasteiger partial charge in [-0.2, -0.15) is 0 Å². The summed E-state index contributed by atoms with van der Waals surface area (Å²) >= 11 is 9.88. The van der Waals surface area contributed by atoms with Crippen LogP contribution in [-0.2, 0) is 35.1 Å². The first-order valence-corrected chi connectivity index (χ1v) is 19.0. The highest BCUT2D eigenvalue weighted by molar-refractivity contribution is 9.11. The smallest absolute Gasteiger partial charge is 0.313 e. The van der Waals surface area contributed by atoms with E-state index in [2.05, 4.69) is 15.9 Å². The number of benzene rings is 3. The molecule has 4 heterocycles. The van der Waals surface area contributed by atoms with Crippen molar-refractivity contribution in [3.05, 3.63) is 124 Å². The molecule has 2 fully saturated rings. The predicted molar refractivity (Wildman–Crippen MR) is 203 cm³/mol. The van der Waals surface area contributed by atoms with Crippen molar-refractivity contribution in [2.75, 3.05) is 25.1 Å². The molecule has 12 heteroatoms. The van der Waals surface area contributed by atoms with Gasteiger partial charge in [0.1, 0.15) is 29.8 Å². The number of nitrogens with zero attached hydrogens (tertiary/aromatic N) is 3. The van der Waals surface area contributed by atoms with Crippen molar-refractivity contribution in [2.24, 2.45) is 11.8 Å². The minimum Gasteiger partial charge on any atom is -0.455 e. The molecule has 4 aliphatic rings. The second-order valence-electron chi connectivity index (χ2n) is 14.0. The summed E-state index contributed by atoms with van der Waals surface area (Å²) in [5.41, 5.74) is 0.519. The van der Waals surface area contributed by atoms with Crippen molar-refractivity contribution in [2.45, 2.75) is 62.1 Å². The molecule has 53 heavy (non-hydrogen) atoms. The highest BCUT2D eigenvalue weighted by atomic mass is 79.9. The van der Waals surface area contributed by atoms with Gasteiger partial charge in [-0.3, -0.25) is 19.2 Å². The van der Waals surface area contributed by atoms with E-state index in [1.54, 1.807) is 47.2 Å². The number of hydrogen-bond donors (Lipinski definition) is 1. The zero-order valence-corrected chi connectivity index (χ0v) is 31.7. The number of amides is 3. The Labute approximate surface area is 322 Å². The Hall–Kier alpha value is -4.29. The van der Waals surface area contributed by atoms with Crippen molar-refractivity contribution >= 4 is 56.9 Å². The molecule has 1 spiro atoms. The SMILES string of the molecule is C[C@@H]1[C@@H](c2ccccc2)OC(=O)[C@@H]2[C@H]3O[C@@]4(C=C3Br)[C@H](C(=O)N(c3ccc(Cl)cc3)C/C=C\CCC(=O)N1C)N([C@@H](CO)Cc1ccccc1)C(=O)[C@@H]24. The summed E-state index contributed by atoms with van der Waals surface area (Å²) in [5, 5.41) is 11.4. The van der Waals surface area contributed by atoms with Crippen molar-refractivity contribution in [3.8, 4) is 0 Å². The molecule has 0 aliphatic carbocycles. The van der Waals surface area contributed by atoms with Crippen LogP contribution in [0.5, 0.6) is 0 Å². The number of aliphatic hydroxyl groups excluding tert-OH is 1. The van der Waals surface area contributed by atoms with Crippen LogP contribution in [0.25, 0.3) is 0 Å². The fourth-order valence-corrected chi connectivity index (χ4v) is 9.09. The van der Waals surface area contributed by atoms with Crippen LogP contribution in [0.15, 0.2) is 108 Å². The molecule has 0 unspecified atom stereocenters. The van der Waals surface area contributed by atoms with Crippen molar-refractivity contribution in [1.29, 1.82) is 0 Å². The molecule has 10 nitrogen and oxygen atoms in total. The maximum absolute atomic E-state index is 15.3. The van der Waals surface area contributed by atoms with Crippen LogP contribution in [0.2, 0.25) is 5.02 Å². The number of allylic oxidation sites excluding steroid dienone is 1. The monoisotopic (exact) mass is 801 g/mol. The Balaban J connectivity index is 1.38. The van der Waals surface area contributed by atoms with Crippen molar-refractivity contribution in [3.63, 3.8) is 0 Å².